The molecule has 0 spiro atoms. The Bertz CT molecular complexity index is 1070. The minimum absolute atomic E-state index is 0.0906. The molecule has 30 heavy (non-hydrogen) atoms. The highest BCUT2D eigenvalue weighted by Gasteiger charge is 2.32. The van der Waals surface area contributed by atoms with Gasteiger partial charge in [-0.1, -0.05) is 36.7 Å². The molecule has 0 fully saturated rings. The minimum Gasteiger partial charge on any atom is -0.496 e. The highest BCUT2D eigenvalue weighted by molar-refractivity contribution is 6.30. The van der Waals surface area contributed by atoms with E-state index < -0.39 is 0 Å². The van der Waals surface area contributed by atoms with Gasteiger partial charge in [-0.05, 0) is 61.2 Å². The number of hydrogen-bond donors (Lipinski definition) is 0. The summed E-state index contributed by atoms with van der Waals surface area (Å²) in [5, 5.41) is 0.722. The van der Waals surface area contributed by atoms with Crippen LogP contribution in [0.2, 0.25) is 5.02 Å². The number of methoxy groups -OCH3 is 1. The van der Waals surface area contributed by atoms with Gasteiger partial charge >= 0.3 is 0 Å². The zero-order valence-corrected chi connectivity index (χ0v) is 18.6. The number of ketones is 1. The number of Topliss-reactive ketones (excluding diaryl/α,β-unsaturated/α-hetero) is 1. The van der Waals surface area contributed by atoms with Crippen molar-refractivity contribution in [2.45, 2.75) is 51.4 Å². The molecule has 1 aromatic heterocycles. The third-order valence-corrected chi connectivity index (χ3v) is 6.40. The number of fused-ring (bicyclic) bond motifs is 3. The summed E-state index contributed by atoms with van der Waals surface area (Å²) in [4.78, 5) is 12.6. The van der Waals surface area contributed by atoms with Gasteiger partial charge in [0, 0.05) is 52.8 Å². The molecule has 3 nitrogen and oxygen atoms in total. The molecule has 0 saturated heterocycles. The molecule has 0 N–H and O–H groups in total. The zero-order valence-electron chi connectivity index (χ0n) is 17.8. The molecule has 0 aliphatic carbocycles. The van der Waals surface area contributed by atoms with E-state index in [2.05, 4.69) is 67.1 Å². The summed E-state index contributed by atoms with van der Waals surface area (Å²) in [6.07, 6.45) is 5.01. The van der Waals surface area contributed by atoms with Crippen LogP contribution in [0.1, 0.15) is 66.8 Å². The number of carbonyl (C=O) groups is 1. The topological polar surface area (TPSA) is 31.2 Å². The van der Waals surface area contributed by atoms with Gasteiger partial charge in [0.15, 0.2) is 0 Å². The molecule has 2 heterocycles. The van der Waals surface area contributed by atoms with Crippen molar-refractivity contribution in [3.8, 4) is 11.4 Å². The highest BCUT2D eigenvalue weighted by Crippen LogP contribution is 2.46. The Hall–Kier alpha value is -2.52. The predicted molar refractivity (Wildman–Crippen MR) is 122 cm³/mol. The molecule has 0 radical (unpaired) electrons. The van der Waals surface area contributed by atoms with Gasteiger partial charge in [-0.2, -0.15) is 0 Å². The number of carbonyl (C=O) groups excluding carboxylic acids is 1. The smallest absolute Gasteiger partial charge is 0.133 e. The number of halogens is 1. The zero-order chi connectivity index (χ0) is 21.3. The number of nitrogens with zero attached hydrogens (tertiary/aromatic N) is 1. The maximum absolute atomic E-state index is 12.6. The number of rotatable bonds is 6. The SMILES string of the molecule is CCCC(=O)CC1CC(c2cccc(C)c2OC)c2cc(Cl)ccc2-n2cccc21. The lowest BCUT2D eigenvalue weighted by atomic mass is 9.80. The second-order valence-corrected chi connectivity index (χ2v) is 8.62. The lowest BCUT2D eigenvalue weighted by Crippen LogP contribution is -2.12. The molecule has 4 rings (SSSR count). The van der Waals surface area contributed by atoms with Gasteiger partial charge in [-0.15, -0.1) is 0 Å². The fourth-order valence-electron chi connectivity index (χ4n) is 4.87. The molecule has 0 amide bonds. The monoisotopic (exact) mass is 421 g/mol. The van der Waals surface area contributed by atoms with Gasteiger partial charge in [-0.3, -0.25) is 4.79 Å². The van der Waals surface area contributed by atoms with Crippen LogP contribution in [0.4, 0.5) is 0 Å². The fourth-order valence-corrected chi connectivity index (χ4v) is 5.05. The van der Waals surface area contributed by atoms with Crippen molar-refractivity contribution in [3.05, 3.63) is 82.1 Å². The van der Waals surface area contributed by atoms with Crippen molar-refractivity contribution in [1.82, 2.24) is 4.57 Å². The number of para-hydroxylation sites is 1. The second-order valence-electron chi connectivity index (χ2n) is 8.18. The quantitative estimate of drug-likeness (QED) is 0.437. The maximum Gasteiger partial charge on any atom is 0.133 e. The van der Waals surface area contributed by atoms with E-state index in [1.54, 1.807) is 7.11 Å². The molecule has 2 atom stereocenters. The van der Waals surface area contributed by atoms with Gasteiger partial charge in [-0.25, -0.2) is 0 Å². The fraction of sp³-hybridized carbons (Fsp3) is 0.346. The first-order valence-corrected chi connectivity index (χ1v) is 11.0. The Kier molecular flexibility index (Phi) is 6.01. The van der Waals surface area contributed by atoms with Gasteiger partial charge < -0.3 is 9.30 Å². The summed E-state index contributed by atoms with van der Waals surface area (Å²) >= 11 is 6.46. The molecule has 0 bridgehead atoms. The van der Waals surface area contributed by atoms with Crippen LogP contribution in [0.3, 0.4) is 0 Å². The highest BCUT2D eigenvalue weighted by atomic mass is 35.5. The lowest BCUT2D eigenvalue weighted by Gasteiger charge is -2.24. The summed E-state index contributed by atoms with van der Waals surface area (Å²) in [6.45, 7) is 4.13. The van der Waals surface area contributed by atoms with Gasteiger partial charge in [0.1, 0.15) is 11.5 Å². The number of benzene rings is 2. The number of hydrogen-bond acceptors (Lipinski definition) is 2. The van der Waals surface area contributed by atoms with E-state index in [0.717, 1.165) is 40.4 Å². The molecule has 4 heteroatoms. The number of aryl methyl sites for hydroxylation is 1. The Labute approximate surface area is 183 Å². The largest absolute Gasteiger partial charge is 0.496 e. The third kappa shape index (κ3) is 3.79. The molecule has 0 saturated carbocycles. The molecule has 1 aliphatic heterocycles. The summed E-state index contributed by atoms with van der Waals surface area (Å²) < 4.78 is 8.06. The van der Waals surface area contributed by atoms with Crippen molar-refractivity contribution in [1.29, 1.82) is 0 Å². The predicted octanol–water partition coefficient (Wildman–Crippen LogP) is 6.83. The summed E-state index contributed by atoms with van der Waals surface area (Å²) in [7, 11) is 1.73. The summed E-state index contributed by atoms with van der Waals surface area (Å²) in [6, 6.07) is 16.6. The first kappa shape index (κ1) is 20.7. The molecule has 2 unspecified atom stereocenters. The van der Waals surface area contributed by atoms with E-state index in [0.29, 0.717) is 18.6 Å². The average molecular weight is 422 g/mol. The normalized spacial score (nSPS) is 17.7. The van der Waals surface area contributed by atoms with Crippen molar-refractivity contribution >= 4 is 17.4 Å². The van der Waals surface area contributed by atoms with Crippen LogP contribution in [-0.2, 0) is 4.79 Å². The summed E-state index contributed by atoms with van der Waals surface area (Å²) in [5.41, 5.74) is 5.76. The Morgan fingerprint density at radius 1 is 1.17 bits per heavy atom. The average Bonchev–Trinajstić information content (AvgIpc) is 3.16. The van der Waals surface area contributed by atoms with Crippen LogP contribution in [0.25, 0.3) is 5.69 Å². The summed E-state index contributed by atoms with van der Waals surface area (Å²) in [5.74, 6) is 1.47. The lowest BCUT2D eigenvalue weighted by molar-refractivity contribution is -0.119. The van der Waals surface area contributed by atoms with Crippen LogP contribution >= 0.6 is 11.6 Å². The van der Waals surface area contributed by atoms with E-state index in [-0.39, 0.29) is 11.8 Å². The molecule has 156 valence electrons. The first-order chi connectivity index (χ1) is 14.5. The van der Waals surface area contributed by atoms with E-state index in [9.17, 15) is 4.79 Å². The van der Waals surface area contributed by atoms with Crippen molar-refractivity contribution in [3.63, 3.8) is 0 Å². The van der Waals surface area contributed by atoms with Crippen LogP contribution < -0.4 is 4.74 Å². The minimum atomic E-state index is 0.0906. The standard InChI is InChI=1S/C26H28ClNO2/c1-4-7-20(29)14-18-15-22(21-9-5-8-17(2)26(21)30-3)23-16-19(27)11-12-25(23)28-13-6-10-24(18)28/h5-6,8-13,16,18,22H,4,7,14-15H2,1-3H3. The van der Waals surface area contributed by atoms with Crippen LogP contribution in [0, 0.1) is 6.92 Å². The Morgan fingerprint density at radius 3 is 2.77 bits per heavy atom. The van der Waals surface area contributed by atoms with Crippen molar-refractivity contribution in [2.75, 3.05) is 7.11 Å². The maximum atomic E-state index is 12.6. The van der Waals surface area contributed by atoms with Gasteiger partial charge in [0.05, 0.1) is 7.11 Å². The van der Waals surface area contributed by atoms with E-state index >= 15 is 0 Å². The third-order valence-electron chi connectivity index (χ3n) is 6.17. The van der Waals surface area contributed by atoms with Crippen molar-refractivity contribution in [2.24, 2.45) is 0 Å². The first-order valence-electron chi connectivity index (χ1n) is 10.7. The van der Waals surface area contributed by atoms with Crippen LogP contribution in [-0.4, -0.2) is 17.5 Å². The second kappa shape index (κ2) is 8.69. The molecular weight excluding hydrogens is 394 g/mol. The van der Waals surface area contributed by atoms with E-state index in [1.807, 2.05) is 6.07 Å². The Morgan fingerprint density at radius 2 is 2.00 bits per heavy atom. The molecule has 1 aliphatic rings. The van der Waals surface area contributed by atoms with Crippen LogP contribution in [0.5, 0.6) is 5.75 Å². The van der Waals surface area contributed by atoms with Gasteiger partial charge in [0.2, 0.25) is 0 Å². The van der Waals surface area contributed by atoms with E-state index in [1.165, 1.54) is 11.3 Å². The molecule has 3 aromatic rings. The van der Waals surface area contributed by atoms with Gasteiger partial charge in [0.25, 0.3) is 0 Å². The van der Waals surface area contributed by atoms with Crippen molar-refractivity contribution < 1.29 is 9.53 Å². The molecule has 2 aromatic carbocycles. The Balaban J connectivity index is 1.90. The van der Waals surface area contributed by atoms with E-state index in [4.69, 9.17) is 16.3 Å². The molecular formula is C26H28ClNO2. The number of ether oxygens (including phenoxy) is 1. The van der Waals surface area contributed by atoms with Crippen LogP contribution in [0.15, 0.2) is 54.7 Å². The number of aromatic nitrogens is 1.